The third-order valence-corrected chi connectivity index (χ3v) is 8.86. The van der Waals surface area contributed by atoms with Gasteiger partial charge in [-0.1, -0.05) is 194 Å². The largest absolute Gasteiger partial charge is 1.00 e. The van der Waals surface area contributed by atoms with E-state index in [1.54, 1.807) is 0 Å². The summed E-state index contributed by atoms with van der Waals surface area (Å²) >= 11 is 0. The van der Waals surface area contributed by atoms with Crippen molar-refractivity contribution < 1.29 is 93.4 Å². The summed E-state index contributed by atoms with van der Waals surface area (Å²) in [6.45, 7) is 5.05. The zero-order valence-corrected chi connectivity index (χ0v) is 36.3. The van der Waals surface area contributed by atoms with Gasteiger partial charge in [0.05, 0.1) is 13.2 Å². The summed E-state index contributed by atoms with van der Waals surface area (Å²) in [7, 11) is -8.99. The molecule has 0 aromatic rings. The first-order valence-corrected chi connectivity index (χ1v) is 21.0. The van der Waals surface area contributed by atoms with Crippen LogP contribution in [0.25, 0.3) is 0 Å². The second-order valence-corrected chi connectivity index (χ2v) is 14.5. The second kappa shape index (κ2) is 42.9. The molecule has 0 bridgehead atoms. The molecule has 0 atom stereocenters. The quantitative estimate of drug-likeness (QED) is 0.0406. The van der Waals surface area contributed by atoms with Crippen LogP contribution in [0, 0.1) is 0 Å². The summed E-state index contributed by atoms with van der Waals surface area (Å²) in [6.07, 6.45) is 38.9. The molecule has 0 radical (unpaired) electrons. The van der Waals surface area contributed by atoms with Crippen molar-refractivity contribution in [2.75, 3.05) is 13.2 Å². The molecule has 0 spiro atoms. The van der Waals surface area contributed by atoms with Crippen molar-refractivity contribution in [3.8, 4) is 0 Å². The zero-order chi connectivity index (χ0) is 33.0. The summed E-state index contributed by atoms with van der Waals surface area (Å²) in [5.74, 6) is 0. The van der Waals surface area contributed by atoms with E-state index < -0.39 is 20.8 Å². The van der Waals surface area contributed by atoms with Gasteiger partial charge in [0.15, 0.2) is 0 Å². The van der Waals surface area contributed by atoms with Crippen LogP contribution in [0.1, 0.15) is 206 Å². The van der Waals surface area contributed by atoms with Crippen LogP contribution in [0.15, 0.2) is 0 Å². The molecule has 0 aliphatic rings. The monoisotopic (exact) mass is 716 g/mol. The normalized spacial score (nSPS) is 11.4. The van der Waals surface area contributed by atoms with Crippen LogP contribution in [0.5, 0.6) is 0 Å². The topological polar surface area (TPSA) is 133 Å². The summed E-state index contributed by atoms with van der Waals surface area (Å²) in [4.78, 5) is 0. The van der Waals surface area contributed by atoms with Crippen molar-refractivity contribution in [2.24, 2.45) is 0 Å². The average molecular weight is 717 g/mol. The standard InChI is InChI=1S/C34H70O4S.2Na.H2O4S/c1-3-5-7-9-11-13-15-17-19-20-22-24-26-28-30-32-34-38-39(35,36)37-33-31-29-27-25-23-21-18-16-14-12-10-8-6-4-2;;;1-5(2,3)4/h3-34H2,1-2H3;;;(H2,1,2,3,4)/q;2*+1;/p-2. The maximum absolute atomic E-state index is 11.9. The van der Waals surface area contributed by atoms with Crippen molar-refractivity contribution in [3.63, 3.8) is 0 Å². The van der Waals surface area contributed by atoms with Crippen molar-refractivity contribution in [3.05, 3.63) is 0 Å². The minimum absolute atomic E-state index is 0. The molecule has 12 heteroatoms. The Morgan fingerprint density at radius 3 is 0.674 bits per heavy atom. The van der Waals surface area contributed by atoms with Gasteiger partial charge in [0, 0.05) is 10.4 Å². The third-order valence-electron chi connectivity index (χ3n) is 7.95. The van der Waals surface area contributed by atoms with E-state index in [4.69, 9.17) is 25.9 Å². The minimum atomic E-state index is -5.17. The molecule has 0 amide bonds. The summed E-state index contributed by atoms with van der Waals surface area (Å²) < 4.78 is 67.9. The van der Waals surface area contributed by atoms with E-state index in [1.165, 1.54) is 167 Å². The molecule has 8 nitrogen and oxygen atoms in total. The first kappa shape index (κ1) is 54.5. The van der Waals surface area contributed by atoms with Crippen LogP contribution < -0.4 is 59.1 Å². The van der Waals surface area contributed by atoms with Gasteiger partial charge < -0.3 is 9.11 Å². The first-order valence-electron chi connectivity index (χ1n) is 18.3. The molecule has 0 saturated carbocycles. The van der Waals surface area contributed by atoms with Crippen LogP contribution >= 0.6 is 0 Å². The maximum Gasteiger partial charge on any atom is 1.00 e. The van der Waals surface area contributed by atoms with E-state index in [0.717, 1.165) is 25.7 Å². The molecule has 0 aromatic heterocycles. The van der Waals surface area contributed by atoms with Gasteiger partial charge in [-0.2, -0.15) is 8.42 Å². The molecule has 46 heavy (non-hydrogen) atoms. The molecule has 0 unspecified atom stereocenters. The van der Waals surface area contributed by atoms with Gasteiger partial charge in [0.2, 0.25) is 0 Å². The zero-order valence-electron chi connectivity index (χ0n) is 30.7. The Morgan fingerprint density at radius 2 is 0.500 bits per heavy atom. The van der Waals surface area contributed by atoms with E-state index >= 15 is 0 Å². The third kappa shape index (κ3) is 58.0. The fourth-order valence-electron chi connectivity index (χ4n) is 5.30. The Bertz CT molecular complexity index is 761. The molecule has 0 heterocycles. The van der Waals surface area contributed by atoms with Crippen LogP contribution in [0.3, 0.4) is 0 Å². The minimum Gasteiger partial charge on any atom is -0.759 e. The van der Waals surface area contributed by atoms with E-state index in [1.807, 2.05) is 0 Å². The van der Waals surface area contributed by atoms with Gasteiger partial charge in [-0.3, -0.25) is 8.42 Å². The summed E-state index contributed by atoms with van der Waals surface area (Å²) in [6, 6.07) is 0. The van der Waals surface area contributed by atoms with E-state index in [0.29, 0.717) is 0 Å². The molecule has 0 N–H and O–H groups in total. The smallest absolute Gasteiger partial charge is 0.759 e. The number of rotatable bonds is 34. The van der Waals surface area contributed by atoms with E-state index in [9.17, 15) is 8.42 Å². The molecular formula is C34H70Na2O8S2. The SMILES string of the molecule is CCCCCCCCCCCCCCCCCCOS(=O)(=O)OCCCCCCCCCCCCCCCC.O=S(=O)([O-])[O-].[Na+].[Na+]. The Morgan fingerprint density at radius 1 is 0.348 bits per heavy atom. The molecule has 0 saturated heterocycles. The van der Waals surface area contributed by atoms with Gasteiger partial charge >= 0.3 is 69.5 Å². The van der Waals surface area contributed by atoms with Crippen LogP contribution in [-0.2, 0) is 29.2 Å². The molecule has 0 rings (SSSR count). The number of hydrogen-bond acceptors (Lipinski definition) is 8. The Kier molecular flexibility index (Phi) is 50.8. The number of hydrogen-bond donors (Lipinski definition) is 0. The maximum atomic E-state index is 11.9. The molecule has 0 aliphatic heterocycles. The van der Waals surface area contributed by atoms with Crippen molar-refractivity contribution >= 4 is 20.8 Å². The van der Waals surface area contributed by atoms with Crippen molar-refractivity contribution in [1.29, 1.82) is 0 Å². The summed E-state index contributed by atoms with van der Waals surface area (Å²) in [5.41, 5.74) is 0. The predicted octanol–water partition coefficient (Wildman–Crippen LogP) is 4.68. The van der Waals surface area contributed by atoms with Crippen LogP contribution in [0.2, 0.25) is 0 Å². The fourth-order valence-corrected chi connectivity index (χ4v) is 6.01. The molecule has 0 aliphatic carbocycles. The summed E-state index contributed by atoms with van der Waals surface area (Å²) in [5, 5.41) is 0. The number of unbranched alkanes of at least 4 members (excludes halogenated alkanes) is 28. The van der Waals surface area contributed by atoms with E-state index in [2.05, 4.69) is 13.8 Å². The van der Waals surface area contributed by atoms with Gasteiger partial charge in [-0.15, -0.1) is 0 Å². The van der Waals surface area contributed by atoms with Gasteiger partial charge in [-0.25, -0.2) is 8.37 Å². The van der Waals surface area contributed by atoms with Crippen LogP contribution in [-0.4, -0.2) is 39.2 Å². The van der Waals surface area contributed by atoms with Gasteiger partial charge in [-0.05, 0) is 12.8 Å². The first-order chi connectivity index (χ1) is 21.1. The fraction of sp³-hybridized carbons (Fsp3) is 1.00. The predicted molar refractivity (Wildman–Crippen MR) is 181 cm³/mol. The molecule has 0 aromatic carbocycles. The van der Waals surface area contributed by atoms with E-state index in [-0.39, 0.29) is 72.3 Å². The Balaban J connectivity index is -0.00000116. The van der Waals surface area contributed by atoms with Gasteiger partial charge in [0.25, 0.3) is 0 Å². The molecule has 0 fully saturated rings. The van der Waals surface area contributed by atoms with Gasteiger partial charge in [0.1, 0.15) is 0 Å². The Labute approximate surface area is 331 Å². The van der Waals surface area contributed by atoms with Crippen molar-refractivity contribution in [2.45, 2.75) is 206 Å². The average Bonchev–Trinajstić information content (AvgIpc) is 2.96. The van der Waals surface area contributed by atoms with Crippen LogP contribution in [0.4, 0.5) is 0 Å². The molecular weight excluding hydrogens is 646 g/mol. The molecule has 268 valence electrons. The second-order valence-electron chi connectivity index (χ2n) is 12.4. The Hall–Kier alpha value is 1.74. The van der Waals surface area contributed by atoms with Crippen molar-refractivity contribution in [1.82, 2.24) is 0 Å².